The van der Waals surface area contributed by atoms with Crippen LogP contribution in [-0.2, 0) is 0 Å². The first-order chi connectivity index (χ1) is 9.17. The van der Waals surface area contributed by atoms with E-state index in [1.54, 1.807) is 0 Å². The van der Waals surface area contributed by atoms with Crippen LogP contribution in [0.5, 0.6) is 0 Å². The van der Waals surface area contributed by atoms with Gasteiger partial charge in [0.25, 0.3) is 0 Å². The van der Waals surface area contributed by atoms with Crippen LogP contribution in [0.25, 0.3) is 11.4 Å². The van der Waals surface area contributed by atoms with Gasteiger partial charge in [0.1, 0.15) is 0 Å². The first kappa shape index (κ1) is 13.5. The highest BCUT2D eigenvalue weighted by molar-refractivity contribution is 5.61. The summed E-state index contributed by atoms with van der Waals surface area (Å²) in [5, 5.41) is 26.6. The highest BCUT2D eigenvalue weighted by atomic mass is 16.3. The zero-order valence-electron chi connectivity index (χ0n) is 11.2. The van der Waals surface area contributed by atoms with Gasteiger partial charge in [-0.2, -0.15) is 5.21 Å². The second-order valence-corrected chi connectivity index (χ2v) is 4.99. The Hall–Kier alpha value is -1.95. The van der Waals surface area contributed by atoms with Crippen LogP contribution in [0, 0.1) is 5.41 Å². The van der Waals surface area contributed by atoms with Crippen LogP contribution in [-0.4, -0.2) is 38.9 Å². The Morgan fingerprint density at radius 2 is 2.26 bits per heavy atom. The Morgan fingerprint density at radius 1 is 1.42 bits per heavy atom. The highest BCUT2D eigenvalue weighted by Gasteiger charge is 2.20. The summed E-state index contributed by atoms with van der Waals surface area (Å²) in [5.41, 5.74) is 1.78. The number of H-pyrrole nitrogens is 1. The molecular formula is C13H19N5O. The van der Waals surface area contributed by atoms with Gasteiger partial charge in [0, 0.05) is 23.2 Å². The Balaban J connectivity index is 2.08. The Labute approximate surface area is 112 Å². The Kier molecular flexibility index (Phi) is 4.11. The second-order valence-electron chi connectivity index (χ2n) is 4.99. The van der Waals surface area contributed by atoms with Crippen molar-refractivity contribution in [3.63, 3.8) is 0 Å². The minimum Gasteiger partial charge on any atom is -0.396 e. The fourth-order valence-electron chi connectivity index (χ4n) is 1.66. The topological polar surface area (TPSA) is 86.7 Å². The molecule has 0 amide bonds. The predicted molar refractivity (Wildman–Crippen MR) is 73.6 cm³/mol. The largest absolute Gasteiger partial charge is 0.396 e. The number of benzene rings is 1. The average Bonchev–Trinajstić information content (AvgIpc) is 2.99. The molecule has 3 N–H and O–H groups in total. The van der Waals surface area contributed by atoms with Gasteiger partial charge >= 0.3 is 0 Å². The molecule has 102 valence electrons. The Bertz CT molecular complexity index is 508. The van der Waals surface area contributed by atoms with E-state index in [0.717, 1.165) is 24.2 Å². The molecule has 1 aromatic carbocycles. The Morgan fingerprint density at radius 3 is 2.89 bits per heavy atom. The quantitative estimate of drug-likeness (QED) is 0.736. The van der Waals surface area contributed by atoms with Crippen molar-refractivity contribution in [3.05, 3.63) is 24.3 Å². The standard InChI is InChI=1S/C13H19N5O/c1-3-13(2,9-19)8-14-11-6-4-5-10(7-11)12-15-17-18-16-12/h4-7,14,19H,3,8-9H2,1-2H3,(H,15,16,17,18). The summed E-state index contributed by atoms with van der Waals surface area (Å²) in [4.78, 5) is 0. The molecule has 0 aliphatic rings. The normalized spacial score (nSPS) is 14.1. The monoisotopic (exact) mass is 261 g/mol. The maximum Gasteiger partial charge on any atom is 0.204 e. The zero-order valence-corrected chi connectivity index (χ0v) is 11.2. The predicted octanol–water partition coefficient (Wildman–Crippen LogP) is 1.69. The van der Waals surface area contributed by atoms with E-state index in [9.17, 15) is 5.11 Å². The molecule has 0 radical (unpaired) electrons. The molecule has 1 atom stereocenters. The van der Waals surface area contributed by atoms with Gasteiger partial charge < -0.3 is 10.4 Å². The first-order valence-corrected chi connectivity index (χ1v) is 6.35. The third-order valence-corrected chi connectivity index (χ3v) is 3.42. The number of nitrogens with one attached hydrogen (secondary N) is 2. The van der Waals surface area contributed by atoms with Crippen molar-refractivity contribution in [2.75, 3.05) is 18.5 Å². The lowest BCUT2D eigenvalue weighted by Crippen LogP contribution is -2.29. The van der Waals surface area contributed by atoms with Crippen LogP contribution >= 0.6 is 0 Å². The van der Waals surface area contributed by atoms with Gasteiger partial charge in [-0.05, 0) is 23.8 Å². The van der Waals surface area contributed by atoms with Crippen LogP contribution in [0.2, 0.25) is 0 Å². The minimum absolute atomic E-state index is 0.109. The molecule has 0 bridgehead atoms. The first-order valence-electron chi connectivity index (χ1n) is 6.35. The smallest absolute Gasteiger partial charge is 0.204 e. The van der Waals surface area contributed by atoms with Crippen molar-refractivity contribution in [2.45, 2.75) is 20.3 Å². The third-order valence-electron chi connectivity index (χ3n) is 3.42. The van der Waals surface area contributed by atoms with E-state index in [0.29, 0.717) is 5.82 Å². The van der Waals surface area contributed by atoms with Crippen LogP contribution in [0.3, 0.4) is 0 Å². The van der Waals surface area contributed by atoms with Crippen molar-refractivity contribution in [1.29, 1.82) is 0 Å². The number of aliphatic hydroxyl groups excluding tert-OH is 1. The summed E-state index contributed by atoms with van der Waals surface area (Å²) in [6.45, 7) is 5.02. The summed E-state index contributed by atoms with van der Waals surface area (Å²) in [6.07, 6.45) is 0.918. The summed E-state index contributed by atoms with van der Waals surface area (Å²) in [5.74, 6) is 0.573. The minimum atomic E-state index is -0.109. The highest BCUT2D eigenvalue weighted by Crippen LogP contribution is 2.23. The number of nitrogens with zero attached hydrogens (tertiary/aromatic N) is 3. The third kappa shape index (κ3) is 3.29. The number of aliphatic hydroxyl groups is 1. The van der Waals surface area contributed by atoms with Gasteiger partial charge in [-0.15, -0.1) is 10.2 Å². The van der Waals surface area contributed by atoms with Crippen LogP contribution < -0.4 is 5.32 Å². The van der Waals surface area contributed by atoms with Gasteiger partial charge in [0.15, 0.2) is 0 Å². The van der Waals surface area contributed by atoms with E-state index in [4.69, 9.17) is 0 Å². The number of hydrogen-bond donors (Lipinski definition) is 3. The lowest BCUT2D eigenvalue weighted by atomic mass is 9.88. The molecule has 1 heterocycles. The molecule has 19 heavy (non-hydrogen) atoms. The number of anilines is 1. The molecule has 1 unspecified atom stereocenters. The van der Waals surface area contributed by atoms with Crippen LogP contribution in [0.4, 0.5) is 5.69 Å². The number of aromatic nitrogens is 4. The van der Waals surface area contributed by atoms with E-state index in [2.05, 4.69) is 39.8 Å². The van der Waals surface area contributed by atoms with Crippen molar-refractivity contribution in [2.24, 2.45) is 5.41 Å². The lowest BCUT2D eigenvalue weighted by Gasteiger charge is -2.26. The number of aromatic amines is 1. The molecule has 0 aliphatic heterocycles. The molecule has 0 saturated heterocycles. The number of rotatable bonds is 6. The number of hydrogen-bond acceptors (Lipinski definition) is 5. The summed E-state index contributed by atoms with van der Waals surface area (Å²) in [7, 11) is 0. The van der Waals surface area contributed by atoms with E-state index in [1.807, 2.05) is 24.3 Å². The molecular weight excluding hydrogens is 242 g/mol. The molecule has 0 fully saturated rings. The molecule has 2 aromatic rings. The van der Waals surface area contributed by atoms with Crippen molar-refractivity contribution < 1.29 is 5.11 Å². The molecule has 6 nitrogen and oxygen atoms in total. The van der Waals surface area contributed by atoms with Crippen molar-refractivity contribution >= 4 is 5.69 Å². The van der Waals surface area contributed by atoms with Gasteiger partial charge in [-0.1, -0.05) is 26.0 Å². The van der Waals surface area contributed by atoms with Crippen molar-refractivity contribution in [1.82, 2.24) is 20.6 Å². The summed E-state index contributed by atoms with van der Waals surface area (Å²) in [6, 6.07) is 7.83. The molecule has 0 aliphatic carbocycles. The van der Waals surface area contributed by atoms with E-state index < -0.39 is 0 Å². The average molecular weight is 261 g/mol. The molecule has 0 saturated carbocycles. The number of tetrazole rings is 1. The van der Waals surface area contributed by atoms with E-state index >= 15 is 0 Å². The maximum absolute atomic E-state index is 9.40. The van der Waals surface area contributed by atoms with Gasteiger partial charge in [0.05, 0.1) is 6.61 Å². The maximum atomic E-state index is 9.40. The van der Waals surface area contributed by atoms with Crippen LogP contribution in [0.1, 0.15) is 20.3 Å². The van der Waals surface area contributed by atoms with Gasteiger partial charge in [-0.25, -0.2) is 0 Å². The van der Waals surface area contributed by atoms with Crippen molar-refractivity contribution in [3.8, 4) is 11.4 Å². The fraction of sp³-hybridized carbons (Fsp3) is 0.462. The van der Waals surface area contributed by atoms with Crippen LogP contribution in [0.15, 0.2) is 24.3 Å². The lowest BCUT2D eigenvalue weighted by molar-refractivity contribution is 0.149. The van der Waals surface area contributed by atoms with Gasteiger partial charge in [-0.3, -0.25) is 0 Å². The van der Waals surface area contributed by atoms with Gasteiger partial charge in [0.2, 0.25) is 5.82 Å². The molecule has 2 rings (SSSR count). The second kappa shape index (κ2) is 5.79. The van der Waals surface area contributed by atoms with E-state index in [-0.39, 0.29) is 12.0 Å². The zero-order chi connectivity index (χ0) is 13.7. The fourth-order valence-corrected chi connectivity index (χ4v) is 1.66. The molecule has 6 heteroatoms. The SMILES string of the molecule is CCC(C)(CO)CNc1cccc(-c2nn[nH]n2)c1. The van der Waals surface area contributed by atoms with E-state index in [1.165, 1.54) is 0 Å². The molecule has 0 spiro atoms. The molecule has 1 aromatic heterocycles. The summed E-state index contributed by atoms with van der Waals surface area (Å²) >= 11 is 0. The summed E-state index contributed by atoms with van der Waals surface area (Å²) < 4.78 is 0.